The minimum atomic E-state index is -0.0920. The quantitative estimate of drug-likeness (QED) is 0.859. The molecule has 1 heterocycles. The number of carbonyl (C=O) groups is 1. The van der Waals surface area contributed by atoms with E-state index < -0.39 is 0 Å². The third-order valence-electron chi connectivity index (χ3n) is 3.19. The van der Waals surface area contributed by atoms with E-state index in [1.807, 2.05) is 0 Å². The molecule has 1 rings (SSSR count). The minimum absolute atomic E-state index is 0.0920. The number of thiazole rings is 1. The number of rotatable bonds is 5. The van der Waals surface area contributed by atoms with Crippen LogP contribution in [0.3, 0.4) is 0 Å². The summed E-state index contributed by atoms with van der Waals surface area (Å²) in [5.74, 6) is 0.328. The van der Waals surface area contributed by atoms with Crippen LogP contribution in [0.25, 0.3) is 0 Å². The lowest BCUT2D eigenvalue weighted by atomic mass is 9.82. The van der Waals surface area contributed by atoms with Crippen LogP contribution in [0.1, 0.15) is 43.2 Å². The topological polar surface area (TPSA) is 68.0 Å². The molecule has 18 heavy (non-hydrogen) atoms. The lowest BCUT2D eigenvalue weighted by molar-refractivity contribution is 0.0932. The van der Waals surface area contributed by atoms with E-state index >= 15 is 0 Å². The molecule has 0 radical (unpaired) electrons. The second-order valence-electron chi connectivity index (χ2n) is 5.64. The van der Waals surface area contributed by atoms with Gasteiger partial charge in [-0.05, 0) is 17.9 Å². The van der Waals surface area contributed by atoms with Crippen LogP contribution < -0.4 is 11.1 Å². The van der Waals surface area contributed by atoms with Crippen molar-refractivity contribution in [3.8, 4) is 0 Å². The van der Waals surface area contributed by atoms with Crippen LogP contribution in [0.2, 0.25) is 0 Å². The lowest BCUT2D eigenvalue weighted by Crippen LogP contribution is -2.33. The Morgan fingerprint density at radius 2 is 2.22 bits per heavy atom. The minimum Gasteiger partial charge on any atom is -0.350 e. The summed E-state index contributed by atoms with van der Waals surface area (Å²) in [6, 6.07) is 0. The highest BCUT2D eigenvalue weighted by molar-refractivity contribution is 7.09. The van der Waals surface area contributed by atoms with Gasteiger partial charge in [-0.2, -0.15) is 0 Å². The van der Waals surface area contributed by atoms with Gasteiger partial charge in [0.1, 0.15) is 5.69 Å². The Labute approximate surface area is 113 Å². The Balaban J connectivity index is 2.50. The van der Waals surface area contributed by atoms with Gasteiger partial charge in [-0.15, -0.1) is 11.3 Å². The maximum atomic E-state index is 11.9. The van der Waals surface area contributed by atoms with Gasteiger partial charge in [0.05, 0.1) is 5.01 Å². The van der Waals surface area contributed by atoms with Crippen molar-refractivity contribution in [1.29, 1.82) is 0 Å². The summed E-state index contributed by atoms with van der Waals surface area (Å²) in [6.45, 7) is 9.90. The first kappa shape index (κ1) is 15.1. The summed E-state index contributed by atoms with van der Waals surface area (Å²) in [7, 11) is 0. The fraction of sp³-hybridized carbons (Fsp3) is 0.692. The molecular formula is C13H23N3OS. The van der Waals surface area contributed by atoms with Crippen molar-refractivity contribution < 1.29 is 4.79 Å². The number of aromatic nitrogens is 1. The van der Waals surface area contributed by atoms with E-state index in [2.05, 4.69) is 38.0 Å². The smallest absolute Gasteiger partial charge is 0.270 e. The molecule has 5 heteroatoms. The van der Waals surface area contributed by atoms with Crippen molar-refractivity contribution in [2.75, 3.05) is 13.1 Å². The Kier molecular flexibility index (Phi) is 5.28. The fourth-order valence-corrected chi connectivity index (χ4v) is 2.09. The van der Waals surface area contributed by atoms with Crippen LogP contribution in [0, 0.1) is 11.3 Å². The van der Waals surface area contributed by atoms with E-state index in [-0.39, 0.29) is 11.3 Å². The number of nitrogens with one attached hydrogen (secondary N) is 1. The number of nitrogens with two attached hydrogens (primary N) is 1. The molecular weight excluding hydrogens is 246 g/mol. The molecule has 102 valence electrons. The molecule has 0 aliphatic rings. The van der Waals surface area contributed by atoms with Gasteiger partial charge < -0.3 is 11.1 Å². The zero-order chi connectivity index (χ0) is 13.8. The molecule has 0 spiro atoms. The molecule has 0 fully saturated rings. The Hall–Kier alpha value is -0.940. The van der Waals surface area contributed by atoms with E-state index in [9.17, 15) is 4.79 Å². The van der Waals surface area contributed by atoms with Crippen molar-refractivity contribution in [3.63, 3.8) is 0 Å². The third-order valence-corrected chi connectivity index (χ3v) is 4.10. The predicted octanol–water partition coefficient (Wildman–Crippen LogP) is 2.06. The van der Waals surface area contributed by atoms with Gasteiger partial charge in [0, 0.05) is 18.3 Å². The number of nitrogens with zero attached hydrogens (tertiary/aromatic N) is 1. The van der Waals surface area contributed by atoms with Gasteiger partial charge in [-0.1, -0.05) is 27.7 Å². The number of carbonyl (C=O) groups excluding carboxylic acids is 1. The van der Waals surface area contributed by atoms with Crippen molar-refractivity contribution in [3.05, 3.63) is 16.1 Å². The van der Waals surface area contributed by atoms with Gasteiger partial charge in [0.2, 0.25) is 0 Å². The van der Waals surface area contributed by atoms with E-state index in [4.69, 9.17) is 5.73 Å². The van der Waals surface area contributed by atoms with Crippen LogP contribution in [-0.2, 0) is 6.42 Å². The highest BCUT2D eigenvalue weighted by atomic mass is 32.1. The first-order chi connectivity index (χ1) is 8.34. The van der Waals surface area contributed by atoms with Gasteiger partial charge >= 0.3 is 0 Å². The van der Waals surface area contributed by atoms with Crippen LogP contribution in [0.4, 0.5) is 0 Å². The van der Waals surface area contributed by atoms with Crippen LogP contribution in [0.5, 0.6) is 0 Å². The number of hydrogen-bond donors (Lipinski definition) is 2. The van der Waals surface area contributed by atoms with E-state index in [0.29, 0.717) is 24.7 Å². The lowest BCUT2D eigenvalue weighted by Gasteiger charge is -2.27. The van der Waals surface area contributed by atoms with Gasteiger partial charge in [0.25, 0.3) is 5.91 Å². The molecule has 1 aromatic rings. The molecule has 0 saturated heterocycles. The van der Waals surface area contributed by atoms with E-state index in [1.54, 1.807) is 5.38 Å². The van der Waals surface area contributed by atoms with Crippen molar-refractivity contribution in [1.82, 2.24) is 10.3 Å². The van der Waals surface area contributed by atoms with Crippen LogP contribution in [0.15, 0.2) is 5.38 Å². The zero-order valence-corrected chi connectivity index (χ0v) is 12.4. The summed E-state index contributed by atoms with van der Waals surface area (Å²) in [5, 5.41) is 5.65. The summed E-state index contributed by atoms with van der Waals surface area (Å²) >= 11 is 1.49. The van der Waals surface area contributed by atoms with Gasteiger partial charge in [-0.3, -0.25) is 4.79 Å². The SMILES string of the molecule is CC(CNC(=O)c1csc(CCN)n1)C(C)(C)C. The number of amides is 1. The number of hydrogen-bond acceptors (Lipinski definition) is 4. The summed E-state index contributed by atoms with van der Waals surface area (Å²) < 4.78 is 0. The van der Waals surface area contributed by atoms with Gasteiger partial charge in [-0.25, -0.2) is 4.98 Å². The maximum absolute atomic E-state index is 11.9. The Bertz CT molecular complexity index is 395. The molecule has 0 bridgehead atoms. The molecule has 0 saturated carbocycles. The average molecular weight is 269 g/mol. The molecule has 1 aromatic heterocycles. The van der Waals surface area contributed by atoms with Crippen LogP contribution >= 0.6 is 11.3 Å². The molecule has 1 unspecified atom stereocenters. The highest BCUT2D eigenvalue weighted by Gasteiger charge is 2.21. The third kappa shape index (κ3) is 4.38. The predicted molar refractivity (Wildman–Crippen MR) is 75.8 cm³/mol. The second kappa shape index (κ2) is 6.29. The van der Waals surface area contributed by atoms with Crippen molar-refractivity contribution in [2.45, 2.75) is 34.1 Å². The molecule has 0 aromatic carbocycles. The molecule has 3 N–H and O–H groups in total. The summed E-state index contributed by atoms with van der Waals surface area (Å²) in [6.07, 6.45) is 0.732. The van der Waals surface area contributed by atoms with Crippen molar-refractivity contribution >= 4 is 17.2 Å². The molecule has 0 aliphatic heterocycles. The average Bonchev–Trinajstić information content (AvgIpc) is 2.73. The van der Waals surface area contributed by atoms with E-state index in [0.717, 1.165) is 11.4 Å². The van der Waals surface area contributed by atoms with Gasteiger partial charge in [0.15, 0.2) is 0 Å². The Morgan fingerprint density at radius 1 is 1.56 bits per heavy atom. The molecule has 0 aliphatic carbocycles. The summed E-state index contributed by atoms with van der Waals surface area (Å²) in [5.41, 5.74) is 6.16. The fourth-order valence-electron chi connectivity index (χ4n) is 1.30. The van der Waals surface area contributed by atoms with Crippen LogP contribution in [-0.4, -0.2) is 24.0 Å². The highest BCUT2D eigenvalue weighted by Crippen LogP contribution is 2.24. The standard InChI is InChI=1S/C13H23N3OS/c1-9(13(2,3)4)7-15-12(17)10-8-18-11(16-10)5-6-14/h8-9H,5-7,14H2,1-4H3,(H,15,17). The molecule has 4 nitrogen and oxygen atoms in total. The largest absolute Gasteiger partial charge is 0.350 e. The monoisotopic (exact) mass is 269 g/mol. The Morgan fingerprint density at radius 3 is 2.78 bits per heavy atom. The second-order valence-corrected chi connectivity index (χ2v) is 6.58. The molecule has 1 atom stereocenters. The van der Waals surface area contributed by atoms with Crippen molar-refractivity contribution in [2.24, 2.45) is 17.1 Å². The maximum Gasteiger partial charge on any atom is 0.270 e. The summed E-state index contributed by atoms with van der Waals surface area (Å²) in [4.78, 5) is 16.2. The first-order valence-corrected chi connectivity index (χ1v) is 7.15. The first-order valence-electron chi connectivity index (χ1n) is 6.27. The molecule has 1 amide bonds. The van der Waals surface area contributed by atoms with E-state index in [1.165, 1.54) is 11.3 Å². The zero-order valence-electron chi connectivity index (χ0n) is 11.6. The normalized spacial score (nSPS) is 13.4.